The number of halogens is 2. The predicted octanol–water partition coefficient (Wildman–Crippen LogP) is 3.92. The van der Waals surface area contributed by atoms with Crippen molar-refractivity contribution >= 4 is 35.0 Å². The summed E-state index contributed by atoms with van der Waals surface area (Å²) >= 11 is 12.1. The van der Waals surface area contributed by atoms with E-state index < -0.39 is 5.97 Å². The zero-order valence-corrected chi connectivity index (χ0v) is 13.0. The number of carbonyl (C=O) groups is 2. The van der Waals surface area contributed by atoms with Gasteiger partial charge in [0.2, 0.25) is 0 Å². The van der Waals surface area contributed by atoms with Gasteiger partial charge >= 0.3 is 5.97 Å². The first kappa shape index (κ1) is 16.8. The van der Waals surface area contributed by atoms with E-state index in [1.165, 1.54) is 19.2 Å². The van der Waals surface area contributed by atoms with Crippen molar-refractivity contribution < 1.29 is 19.1 Å². The molecule has 0 aliphatic carbocycles. The van der Waals surface area contributed by atoms with Gasteiger partial charge in [-0.25, -0.2) is 0 Å². The van der Waals surface area contributed by atoms with Gasteiger partial charge in [0.25, 0.3) is 0 Å². The number of esters is 1. The third kappa shape index (κ3) is 4.69. The van der Waals surface area contributed by atoms with Crippen LogP contribution in [0.15, 0.2) is 12.1 Å². The first-order chi connectivity index (χ1) is 9.35. The summed E-state index contributed by atoms with van der Waals surface area (Å²) in [5.41, 5.74) is 0.347. The lowest BCUT2D eigenvalue weighted by Crippen LogP contribution is -2.08. The quantitative estimate of drug-likeness (QED) is 0.589. The van der Waals surface area contributed by atoms with Crippen molar-refractivity contribution in [2.75, 3.05) is 7.11 Å². The minimum atomic E-state index is -0.435. The van der Waals surface area contributed by atoms with Crippen LogP contribution in [0.2, 0.25) is 10.0 Å². The van der Waals surface area contributed by atoms with E-state index in [4.69, 9.17) is 27.9 Å². The fraction of sp³-hybridized carbons (Fsp3) is 0.429. The van der Waals surface area contributed by atoms with Gasteiger partial charge in [-0.1, -0.05) is 23.2 Å². The Kier molecular flexibility index (Phi) is 6.30. The van der Waals surface area contributed by atoms with Gasteiger partial charge in [-0.2, -0.15) is 0 Å². The molecule has 0 amide bonds. The summed E-state index contributed by atoms with van der Waals surface area (Å²) in [6.45, 7) is 3.70. The van der Waals surface area contributed by atoms with Crippen molar-refractivity contribution in [3.63, 3.8) is 0 Å². The fourth-order valence-electron chi connectivity index (χ4n) is 1.53. The zero-order valence-electron chi connectivity index (χ0n) is 11.5. The van der Waals surface area contributed by atoms with Crippen LogP contribution in [0.3, 0.4) is 0 Å². The Balaban J connectivity index is 2.87. The summed E-state index contributed by atoms with van der Waals surface area (Å²) in [4.78, 5) is 22.9. The minimum absolute atomic E-state index is 0.0226. The van der Waals surface area contributed by atoms with Crippen LogP contribution in [-0.4, -0.2) is 25.0 Å². The van der Waals surface area contributed by atoms with Crippen molar-refractivity contribution in [3.05, 3.63) is 27.7 Å². The molecule has 0 heterocycles. The number of Topliss-reactive ketones (excluding diaryl/α,β-unsaturated/α-hetero) is 1. The van der Waals surface area contributed by atoms with E-state index in [9.17, 15) is 9.59 Å². The molecule has 0 fully saturated rings. The molecule has 0 saturated heterocycles. The van der Waals surface area contributed by atoms with E-state index in [0.29, 0.717) is 11.3 Å². The summed E-state index contributed by atoms with van der Waals surface area (Å²) in [6, 6.07) is 2.98. The number of hydrogen-bond acceptors (Lipinski definition) is 4. The molecular weight excluding hydrogens is 303 g/mol. The molecule has 0 aromatic heterocycles. The molecule has 0 aliphatic rings. The number of ketones is 1. The second-order valence-electron chi connectivity index (χ2n) is 4.43. The molecule has 0 radical (unpaired) electrons. The van der Waals surface area contributed by atoms with E-state index in [0.717, 1.165) is 0 Å². The maximum absolute atomic E-state index is 11.9. The topological polar surface area (TPSA) is 52.6 Å². The molecule has 20 heavy (non-hydrogen) atoms. The summed E-state index contributed by atoms with van der Waals surface area (Å²) in [6.07, 6.45) is -0.00990. The van der Waals surface area contributed by atoms with Crippen LogP contribution in [-0.2, 0) is 9.53 Å². The van der Waals surface area contributed by atoms with Crippen LogP contribution in [0.1, 0.15) is 37.0 Å². The van der Waals surface area contributed by atoms with Gasteiger partial charge in [-0.05, 0) is 26.0 Å². The van der Waals surface area contributed by atoms with Crippen LogP contribution < -0.4 is 4.74 Å². The van der Waals surface area contributed by atoms with Crippen LogP contribution >= 0.6 is 23.2 Å². The Bertz CT molecular complexity index is 489. The number of carbonyl (C=O) groups excluding carboxylic acids is 2. The molecule has 0 unspecified atom stereocenters. The Morgan fingerprint density at radius 1 is 1.15 bits per heavy atom. The molecule has 4 nitrogen and oxygen atoms in total. The minimum Gasteiger partial charge on any atom is -0.488 e. The second-order valence-corrected chi connectivity index (χ2v) is 5.25. The molecule has 0 aliphatic heterocycles. The molecule has 1 rings (SSSR count). The summed E-state index contributed by atoms with van der Waals surface area (Å²) in [5.74, 6) is -0.307. The molecule has 1 aromatic carbocycles. The van der Waals surface area contributed by atoms with Crippen LogP contribution in [0.5, 0.6) is 5.75 Å². The highest BCUT2D eigenvalue weighted by molar-refractivity contribution is 6.37. The predicted molar refractivity (Wildman–Crippen MR) is 77.8 cm³/mol. The summed E-state index contributed by atoms with van der Waals surface area (Å²) in [5, 5.41) is 0.542. The Hall–Kier alpha value is -1.26. The standard InChI is InChI=1S/C14H16Cl2O4/c1-8(2)20-14-10(15)6-9(7-11(14)16)12(17)4-5-13(18)19-3/h6-8H,4-5H2,1-3H3. The highest BCUT2D eigenvalue weighted by Crippen LogP contribution is 2.35. The summed E-state index contributed by atoms with van der Waals surface area (Å²) in [7, 11) is 1.28. The van der Waals surface area contributed by atoms with Gasteiger partial charge in [-0.15, -0.1) is 0 Å². The second kappa shape index (κ2) is 7.50. The van der Waals surface area contributed by atoms with Crippen molar-refractivity contribution in [1.29, 1.82) is 0 Å². The number of methoxy groups -OCH3 is 1. The highest BCUT2D eigenvalue weighted by atomic mass is 35.5. The average Bonchev–Trinajstić information content (AvgIpc) is 2.39. The molecular formula is C14H16Cl2O4. The van der Waals surface area contributed by atoms with E-state index in [1.807, 2.05) is 13.8 Å². The number of rotatable bonds is 6. The molecule has 0 atom stereocenters. The highest BCUT2D eigenvalue weighted by Gasteiger charge is 2.16. The molecule has 0 bridgehead atoms. The van der Waals surface area contributed by atoms with Crippen molar-refractivity contribution in [3.8, 4) is 5.75 Å². The fourth-order valence-corrected chi connectivity index (χ4v) is 2.11. The molecule has 110 valence electrons. The SMILES string of the molecule is COC(=O)CCC(=O)c1cc(Cl)c(OC(C)C)c(Cl)c1. The van der Waals surface area contributed by atoms with E-state index >= 15 is 0 Å². The van der Waals surface area contributed by atoms with Crippen molar-refractivity contribution in [2.24, 2.45) is 0 Å². The van der Waals surface area contributed by atoms with Gasteiger partial charge in [0.1, 0.15) is 0 Å². The van der Waals surface area contributed by atoms with Crippen LogP contribution in [0.4, 0.5) is 0 Å². The van der Waals surface area contributed by atoms with Crippen LogP contribution in [0, 0.1) is 0 Å². The van der Waals surface area contributed by atoms with Gasteiger partial charge < -0.3 is 9.47 Å². The smallest absolute Gasteiger partial charge is 0.305 e. The first-order valence-corrected chi connectivity index (χ1v) is 6.86. The summed E-state index contributed by atoms with van der Waals surface area (Å²) < 4.78 is 9.96. The van der Waals surface area contributed by atoms with Gasteiger partial charge in [0.15, 0.2) is 11.5 Å². The first-order valence-electron chi connectivity index (χ1n) is 6.10. The largest absolute Gasteiger partial charge is 0.488 e. The zero-order chi connectivity index (χ0) is 15.3. The van der Waals surface area contributed by atoms with E-state index in [-0.39, 0.29) is 34.8 Å². The maximum Gasteiger partial charge on any atom is 0.305 e. The Morgan fingerprint density at radius 2 is 1.70 bits per heavy atom. The third-order valence-electron chi connectivity index (χ3n) is 2.46. The molecule has 1 aromatic rings. The molecule has 0 N–H and O–H groups in total. The molecule has 0 spiro atoms. The molecule has 6 heteroatoms. The Labute approximate surface area is 128 Å². The average molecular weight is 319 g/mol. The van der Waals surface area contributed by atoms with Gasteiger partial charge in [0.05, 0.1) is 29.7 Å². The normalized spacial score (nSPS) is 10.5. The lowest BCUT2D eigenvalue weighted by atomic mass is 10.1. The number of hydrogen-bond donors (Lipinski definition) is 0. The molecule has 0 saturated carbocycles. The number of ether oxygens (including phenoxy) is 2. The third-order valence-corrected chi connectivity index (χ3v) is 3.02. The maximum atomic E-state index is 11.9. The van der Waals surface area contributed by atoms with Crippen molar-refractivity contribution in [1.82, 2.24) is 0 Å². The number of benzene rings is 1. The van der Waals surface area contributed by atoms with E-state index in [1.54, 1.807) is 0 Å². The van der Waals surface area contributed by atoms with Crippen LogP contribution in [0.25, 0.3) is 0 Å². The van der Waals surface area contributed by atoms with Crippen molar-refractivity contribution in [2.45, 2.75) is 32.8 Å². The Morgan fingerprint density at radius 3 is 2.15 bits per heavy atom. The lowest BCUT2D eigenvalue weighted by molar-refractivity contribution is -0.140. The van der Waals surface area contributed by atoms with E-state index in [2.05, 4.69) is 4.74 Å². The van der Waals surface area contributed by atoms with Gasteiger partial charge in [-0.3, -0.25) is 9.59 Å². The monoisotopic (exact) mass is 318 g/mol. The van der Waals surface area contributed by atoms with Gasteiger partial charge in [0, 0.05) is 12.0 Å². The lowest BCUT2D eigenvalue weighted by Gasteiger charge is -2.14.